The number of anilines is 3. The highest BCUT2D eigenvalue weighted by Crippen LogP contribution is 2.16. The highest BCUT2D eigenvalue weighted by atomic mass is 19.1. The molecule has 0 saturated heterocycles. The van der Waals surface area contributed by atoms with E-state index in [9.17, 15) is 23.2 Å². The van der Waals surface area contributed by atoms with Crippen LogP contribution in [0.25, 0.3) is 0 Å². The van der Waals surface area contributed by atoms with Crippen molar-refractivity contribution in [3.63, 3.8) is 0 Å². The molecule has 6 nitrogen and oxygen atoms in total. The number of carbonyl (C=O) groups excluding carboxylic acids is 3. The summed E-state index contributed by atoms with van der Waals surface area (Å²) in [6.45, 7) is 1.35. The summed E-state index contributed by atoms with van der Waals surface area (Å²) >= 11 is 0. The summed E-state index contributed by atoms with van der Waals surface area (Å²) in [5, 5.41) is 6.83. The normalized spacial score (nSPS) is 9.96. The van der Waals surface area contributed by atoms with E-state index in [1.54, 1.807) is 0 Å². The SMILES string of the molecule is CC(=O)Nc1ccc(NC(=O)C(=O)Nc2cc(F)ccc2F)cc1. The minimum atomic E-state index is -1.15. The Kier molecular flexibility index (Phi) is 5.20. The van der Waals surface area contributed by atoms with Crippen LogP contribution in [0.2, 0.25) is 0 Å². The largest absolute Gasteiger partial charge is 0.326 e. The van der Waals surface area contributed by atoms with E-state index < -0.39 is 29.1 Å². The van der Waals surface area contributed by atoms with Crippen LogP contribution < -0.4 is 16.0 Å². The molecule has 124 valence electrons. The fraction of sp³-hybridized carbons (Fsp3) is 0.0625. The van der Waals surface area contributed by atoms with Crippen LogP contribution in [-0.4, -0.2) is 17.7 Å². The third-order valence-corrected chi connectivity index (χ3v) is 2.85. The monoisotopic (exact) mass is 333 g/mol. The van der Waals surface area contributed by atoms with Gasteiger partial charge in [-0.2, -0.15) is 0 Å². The van der Waals surface area contributed by atoms with Crippen LogP contribution >= 0.6 is 0 Å². The van der Waals surface area contributed by atoms with Crippen LogP contribution in [0.5, 0.6) is 0 Å². The smallest absolute Gasteiger partial charge is 0.314 e. The second-order valence-electron chi connectivity index (χ2n) is 4.79. The first kappa shape index (κ1) is 17.1. The van der Waals surface area contributed by atoms with Gasteiger partial charge >= 0.3 is 11.8 Å². The van der Waals surface area contributed by atoms with Gasteiger partial charge in [0, 0.05) is 24.4 Å². The molecule has 0 aliphatic heterocycles. The van der Waals surface area contributed by atoms with Crippen molar-refractivity contribution in [2.45, 2.75) is 6.92 Å². The molecule has 2 aromatic carbocycles. The van der Waals surface area contributed by atoms with Crippen molar-refractivity contribution in [2.75, 3.05) is 16.0 Å². The van der Waals surface area contributed by atoms with E-state index in [-0.39, 0.29) is 5.91 Å². The fourth-order valence-corrected chi connectivity index (χ4v) is 1.80. The van der Waals surface area contributed by atoms with Gasteiger partial charge < -0.3 is 16.0 Å². The number of benzene rings is 2. The van der Waals surface area contributed by atoms with Crippen molar-refractivity contribution < 1.29 is 23.2 Å². The number of nitrogens with one attached hydrogen (secondary N) is 3. The molecule has 24 heavy (non-hydrogen) atoms. The van der Waals surface area contributed by atoms with Crippen LogP contribution in [0.1, 0.15) is 6.92 Å². The molecular formula is C16H13F2N3O3. The molecule has 0 radical (unpaired) electrons. The van der Waals surface area contributed by atoms with E-state index in [1.807, 2.05) is 5.32 Å². The summed E-state index contributed by atoms with van der Waals surface area (Å²) in [6, 6.07) is 8.49. The van der Waals surface area contributed by atoms with Crippen molar-refractivity contribution in [1.29, 1.82) is 0 Å². The predicted molar refractivity (Wildman–Crippen MR) is 84.4 cm³/mol. The third kappa shape index (κ3) is 4.60. The van der Waals surface area contributed by atoms with Gasteiger partial charge in [0.1, 0.15) is 11.6 Å². The first-order valence-corrected chi connectivity index (χ1v) is 6.80. The standard InChI is InChI=1S/C16H13F2N3O3/c1-9(22)19-11-3-5-12(6-4-11)20-15(23)16(24)21-14-8-10(17)2-7-13(14)18/h2-8H,1H3,(H,19,22)(H,20,23)(H,21,24). The molecule has 8 heteroatoms. The number of rotatable bonds is 3. The summed E-state index contributed by atoms with van der Waals surface area (Å²) in [5.74, 6) is -4.06. The van der Waals surface area contributed by atoms with Crippen molar-refractivity contribution in [3.8, 4) is 0 Å². The lowest BCUT2D eigenvalue weighted by Gasteiger charge is -2.08. The molecule has 2 rings (SSSR count). The van der Waals surface area contributed by atoms with Gasteiger partial charge in [0.15, 0.2) is 0 Å². The summed E-state index contributed by atoms with van der Waals surface area (Å²) in [7, 11) is 0. The molecule has 0 atom stereocenters. The zero-order valence-corrected chi connectivity index (χ0v) is 12.5. The van der Waals surface area contributed by atoms with Crippen LogP contribution in [0, 0.1) is 11.6 Å². The number of hydrogen-bond donors (Lipinski definition) is 3. The minimum Gasteiger partial charge on any atom is -0.326 e. The van der Waals surface area contributed by atoms with Gasteiger partial charge in [-0.25, -0.2) is 8.78 Å². The van der Waals surface area contributed by atoms with E-state index in [1.165, 1.54) is 31.2 Å². The highest BCUT2D eigenvalue weighted by Gasteiger charge is 2.16. The second kappa shape index (κ2) is 7.32. The van der Waals surface area contributed by atoms with Gasteiger partial charge in [-0.05, 0) is 36.4 Å². The van der Waals surface area contributed by atoms with Gasteiger partial charge in [0.2, 0.25) is 5.91 Å². The van der Waals surface area contributed by atoms with E-state index in [0.717, 1.165) is 18.2 Å². The molecule has 3 N–H and O–H groups in total. The maximum absolute atomic E-state index is 13.4. The van der Waals surface area contributed by atoms with Crippen LogP contribution in [-0.2, 0) is 14.4 Å². The Morgan fingerprint density at radius 2 is 1.33 bits per heavy atom. The van der Waals surface area contributed by atoms with Gasteiger partial charge in [0.05, 0.1) is 5.69 Å². The zero-order valence-electron chi connectivity index (χ0n) is 12.5. The first-order chi connectivity index (χ1) is 11.3. The highest BCUT2D eigenvalue weighted by molar-refractivity contribution is 6.43. The number of carbonyl (C=O) groups is 3. The predicted octanol–water partition coefficient (Wildman–Crippen LogP) is 2.50. The van der Waals surface area contributed by atoms with Crippen LogP contribution in [0.4, 0.5) is 25.8 Å². The number of amides is 3. The molecule has 0 heterocycles. The average molecular weight is 333 g/mol. The van der Waals surface area contributed by atoms with E-state index in [0.29, 0.717) is 11.4 Å². The topological polar surface area (TPSA) is 87.3 Å². The van der Waals surface area contributed by atoms with Crippen molar-refractivity contribution in [3.05, 3.63) is 54.1 Å². The third-order valence-electron chi connectivity index (χ3n) is 2.85. The quantitative estimate of drug-likeness (QED) is 0.754. The van der Waals surface area contributed by atoms with Crippen molar-refractivity contribution in [1.82, 2.24) is 0 Å². The maximum atomic E-state index is 13.4. The molecule has 0 aliphatic carbocycles. The average Bonchev–Trinajstić information content (AvgIpc) is 2.52. The van der Waals surface area contributed by atoms with E-state index in [2.05, 4.69) is 10.6 Å². The zero-order chi connectivity index (χ0) is 17.7. The summed E-state index contributed by atoms with van der Waals surface area (Å²) in [6.07, 6.45) is 0. The number of halogens is 2. The molecule has 0 bridgehead atoms. The van der Waals surface area contributed by atoms with Crippen LogP contribution in [0.15, 0.2) is 42.5 Å². The Hall–Kier alpha value is -3.29. The summed E-state index contributed by atoms with van der Waals surface area (Å²) < 4.78 is 26.4. The molecule has 0 unspecified atom stereocenters. The lowest BCUT2D eigenvalue weighted by Crippen LogP contribution is -2.29. The van der Waals surface area contributed by atoms with Gasteiger partial charge in [-0.1, -0.05) is 0 Å². The summed E-state index contributed by atoms with van der Waals surface area (Å²) in [5.41, 5.74) is 0.381. The molecule has 0 aliphatic rings. The molecule has 0 saturated carbocycles. The van der Waals surface area contributed by atoms with Gasteiger partial charge in [-0.3, -0.25) is 14.4 Å². The Morgan fingerprint density at radius 1 is 0.792 bits per heavy atom. The lowest BCUT2D eigenvalue weighted by molar-refractivity contribution is -0.133. The first-order valence-electron chi connectivity index (χ1n) is 6.80. The molecule has 3 amide bonds. The Balaban J connectivity index is 1.99. The molecule has 2 aromatic rings. The van der Waals surface area contributed by atoms with Crippen molar-refractivity contribution in [2.24, 2.45) is 0 Å². The van der Waals surface area contributed by atoms with Crippen molar-refractivity contribution >= 4 is 34.8 Å². The molecular weight excluding hydrogens is 320 g/mol. The Labute approximate surface area is 135 Å². The molecule has 0 spiro atoms. The maximum Gasteiger partial charge on any atom is 0.314 e. The van der Waals surface area contributed by atoms with Crippen LogP contribution in [0.3, 0.4) is 0 Å². The Bertz CT molecular complexity index is 792. The minimum absolute atomic E-state index is 0.247. The number of hydrogen-bond acceptors (Lipinski definition) is 3. The fourth-order valence-electron chi connectivity index (χ4n) is 1.80. The molecule has 0 fully saturated rings. The second-order valence-corrected chi connectivity index (χ2v) is 4.79. The molecule has 0 aromatic heterocycles. The van der Waals surface area contributed by atoms with E-state index in [4.69, 9.17) is 0 Å². The summed E-state index contributed by atoms with van der Waals surface area (Å²) in [4.78, 5) is 34.4. The lowest BCUT2D eigenvalue weighted by atomic mass is 10.2. The Morgan fingerprint density at radius 3 is 1.92 bits per heavy atom. The van der Waals surface area contributed by atoms with E-state index >= 15 is 0 Å². The van der Waals surface area contributed by atoms with Gasteiger partial charge in [0.25, 0.3) is 0 Å². The van der Waals surface area contributed by atoms with Gasteiger partial charge in [-0.15, -0.1) is 0 Å².